The number of benzene rings is 2. The molecule has 21 heavy (non-hydrogen) atoms. The molecule has 0 spiro atoms. The van der Waals surface area contributed by atoms with Gasteiger partial charge in [-0.05, 0) is 24.5 Å². The number of rotatable bonds is 4. The molecule has 0 heterocycles. The van der Waals surface area contributed by atoms with Gasteiger partial charge < -0.3 is 20.4 Å². The highest BCUT2D eigenvalue weighted by Crippen LogP contribution is 2.41. The standard InChI is InChI=1S/C17H20O4/c1-10(2)7-15(13-5-3-11(18)8-16(13)20)14-6-4-12(19)9-17(14)21/h3-6,8-10,15,18-21H,7H2,1-2H3. The Morgan fingerprint density at radius 1 is 0.762 bits per heavy atom. The van der Waals surface area contributed by atoms with Crippen molar-refractivity contribution in [2.45, 2.75) is 26.2 Å². The maximum atomic E-state index is 10.1. The van der Waals surface area contributed by atoms with Gasteiger partial charge in [-0.25, -0.2) is 0 Å². The summed E-state index contributed by atoms with van der Waals surface area (Å²) in [6.45, 7) is 4.11. The first kappa shape index (κ1) is 15.0. The van der Waals surface area contributed by atoms with E-state index in [1.54, 1.807) is 12.1 Å². The summed E-state index contributed by atoms with van der Waals surface area (Å²) in [5.41, 5.74) is 1.28. The first-order chi connectivity index (χ1) is 9.88. The van der Waals surface area contributed by atoms with E-state index < -0.39 is 0 Å². The molecular formula is C17H20O4. The molecular weight excluding hydrogens is 268 g/mol. The van der Waals surface area contributed by atoms with Crippen LogP contribution in [0.3, 0.4) is 0 Å². The number of phenolic OH excluding ortho intramolecular Hbond substituents is 4. The van der Waals surface area contributed by atoms with Crippen molar-refractivity contribution >= 4 is 0 Å². The second kappa shape index (κ2) is 5.95. The summed E-state index contributed by atoms with van der Waals surface area (Å²) in [5.74, 6) is 0.104. The van der Waals surface area contributed by atoms with Crippen molar-refractivity contribution in [1.82, 2.24) is 0 Å². The topological polar surface area (TPSA) is 80.9 Å². The lowest BCUT2D eigenvalue weighted by Crippen LogP contribution is -2.06. The smallest absolute Gasteiger partial charge is 0.123 e. The summed E-state index contributed by atoms with van der Waals surface area (Å²) in [4.78, 5) is 0. The van der Waals surface area contributed by atoms with Gasteiger partial charge in [-0.2, -0.15) is 0 Å². The van der Waals surface area contributed by atoms with E-state index in [0.29, 0.717) is 17.0 Å². The highest BCUT2D eigenvalue weighted by Gasteiger charge is 2.22. The molecule has 4 nitrogen and oxygen atoms in total. The zero-order chi connectivity index (χ0) is 15.6. The van der Waals surface area contributed by atoms with Crippen LogP contribution in [0.4, 0.5) is 0 Å². The molecule has 2 aromatic rings. The second-order valence-electron chi connectivity index (χ2n) is 5.67. The number of hydrogen-bond acceptors (Lipinski definition) is 4. The molecule has 0 aliphatic rings. The zero-order valence-corrected chi connectivity index (χ0v) is 12.1. The van der Waals surface area contributed by atoms with Gasteiger partial charge in [0.15, 0.2) is 0 Å². The van der Waals surface area contributed by atoms with Gasteiger partial charge >= 0.3 is 0 Å². The van der Waals surface area contributed by atoms with Crippen LogP contribution < -0.4 is 0 Å². The predicted octanol–water partition coefficient (Wildman–Crippen LogP) is 3.69. The Bertz CT molecular complexity index is 583. The van der Waals surface area contributed by atoms with Gasteiger partial charge in [-0.15, -0.1) is 0 Å². The van der Waals surface area contributed by atoms with Crippen LogP contribution in [-0.4, -0.2) is 20.4 Å². The Morgan fingerprint density at radius 2 is 1.19 bits per heavy atom. The molecule has 0 saturated carbocycles. The van der Waals surface area contributed by atoms with Crippen molar-refractivity contribution in [2.24, 2.45) is 5.92 Å². The van der Waals surface area contributed by atoms with Crippen LogP contribution in [0.2, 0.25) is 0 Å². The third-order valence-corrected chi connectivity index (χ3v) is 3.49. The van der Waals surface area contributed by atoms with Crippen LogP contribution in [0.1, 0.15) is 37.3 Å². The number of hydrogen-bond donors (Lipinski definition) is 4. The quantitative estimate of drug-likeness (QED) is 0.691. The van der Waals surface area contributed by atoms with Gasteiger partial charge in [-0.3, -0.25) is 0 Å². The van der Waals surface area contributed by atoms with E-state index in [0.717, 1.165) is 6.42 Å². The summed E-state index contributed by atoms with van der Waals surface area (Å²) >= 11 is 0. The summed E-state index contributed by atoms with van der Waals surface area (Å²) in [5, 5.41) is 39.0. The normalized spacial score (nSPS) is 11.2. The molecule has 112 valence electrons. The highest BCUT2D eigenvalue weighted by atomic mass is 16.3. The van der Waals surface area contributed by atoms with E-state index in [1.807, 2.05) is 0 Å². The molecule has 4 heteroatoms. The molecule has 0 radical (unpaired) electrons. The van der Waals surface area contributed by atoms with Crippen molar-refractivity contribution in [3.63, 3.8) is 0 Å². The fourth-order valence-electron chi connectivity index (χ4n) is 2.55. The van der Waals surface area contributed by atoms with E-state index in [1.165, 1.54) is 24.3 Å². The first-order valence-corrected chi connectivity index (χ1v) is 6.92. The molecule has 0 aliphatic carbocycles. The third kappa shape index (κ3) is 3.40. The molecule has 0 amide bonds. The van der Waals surface area contributed by atoms with E-state index in [-0.39, 0.29) is 28.9 Å². The third-order valence-electron chi connectivity index (χ3n) is 3.49. The molecule has 0 fully saturated rings. The van der Waals surface area contributed by atoms with Crippen LogP contribution >= 0.6 is 0 Å². The van der Waals surface area contributed by atoms with Gasteiger partial charge in [0, 0.05) is 29.2 Å². The van der Waals surface area contributed by atoms with Gasteiger partial charge in [0.1, 0.15) is 23.0 Å². The van der Waals surface area contributed by atoms with Gasteiger partial charge in [0.2, 0.25) is 0 Å². The average Bonchev–Trinajstić information content (AvgIpc) is 2.36. The minimum Gasteiger partial charge on any atom is -0.508 e. The largest absolute Gasteiger partial charge is 0.508 e. The predicted molar refractivity (Wildman–Crippen MR) is 80.8 cm³/mol. The lowest BCUT2D eigenvalue weighted by Gasteiger charge is -2.22. The van der Waals surface area contributed by atoms with Crippen molar-refractivity contribution < 1.29 is 20.4 Å². The zero-order valence-electron chi connectivity index (χ0n) is 12.1. The number of aromatic hydroxyl groups is 4. The van der Waals surface area contributed by atoms with E-state index in [9.17, 15) is 20.4 Å². The van der Waals surface area contributed by atoms with Crippen LogP contribution in [0.25, 0.3) is 0 Å². The van der Waals surface area contributed by atoms with Crippen LogP contribution in [0, 0.1) is 5.92 Å². The fourth-order valence-corrected chi connectivity index (χ4v) is 2.55. The van der Waals surface area contributed by atoms with Crippen LogP contribution in [0.15, 0.2) is 36.4 Å². The average molecular weight is 288 g/mol. The molecule has 0 bridgehead atoms. The molecule has 0 aromatic heterocycles. The Kier molecular flexibility index (Phi) is 4.26. The van der Waals surface area contributed by atoms with Crippen molar-refractivity contribution in [2.75, 3.05) is 0 Å². The van der Waals surface area contributed by atoms with Gasteiger partial charge in [-0.1, -0.05) is 26.0 Å². The molecule has 0 aliphatic heterocycles. The van der Waals surface area contributed by atoms with E-state index in [2.05, 4.69) is 13.8 Å². The van der Waals surface area contributed by atoms with Gasteiger partial charge in [0.25, 0.3) is 0 Å². The van der Waals surface area contributed by atoms with Crippen LogP contribution in [0.5, 0.6) is 23.0 Å². The Balaban J connectivity index is 2.52. The Morgan fingerprint density at radius 3 is 1.52 bits per heavy atom. The maximum Gasteiger partial charge on any atom is 0.123 e. The van der Waals surface area contributed by atoms with Crippen LogP contribution in [-0.2, 0) is 0 Å². The minimum absolute atomic E-state index is 0.00512. The monoisotopic (exact) mass is 288 g/mol. The second-order valence-corrected chi connectivity index (χ2v) is 5.67. The van der Waals surface area contributed by atoms with Crippen molar-refractivity contribution in [1.29, 1.82) is 0 Å². The minimum atomic E-state index is -0.216. The van der Waals surface area contributed by atoms with Crippen molar-refractivity contribution in [3.8, 4) is 23.0 Å². The SMILES string of the molecule is CC(C)CC(c1ccc(O)cc1O)c1ccc(O)cc1O. The first-order valence-electron chi connectivity index (χ1n) is 6.92. The van der Waals surface area contributed by atoms with E-state index in [4.69, 9.17) is 0 Å². The van der Waals surface area contributed by atoms with Crippen molar-refractivity contribution in [3.05, 3.63) is 47.5 Å². The molecule has 2 aromatic carbocycles. The molecule has 0 unspecified atom stereocenters. The molecule has 2 rings (SSSR count). The highest BCUT2D eigenvalue weighted by molar-refractivity contribution is 5.50. The van der Waals surface area contributed by atoms with E-state index >= 15 is 0 Å². The number of phenols is 4. The Labute approximate surface area is 123 Å². The van der Waals surface area contributed by atoms with Gasteiger partial charge in [0.05, 0.1) is 0 Å². The summed E-state index contributed by atoms with van der Waals surface area (Å²) in [7, 11) is 0. The molecule has 4 N–H and O–H groups in total. The Hall–Kier alpha value is -2.36. The summed E-state index contributed by atoms with van der Waals surface area (Å²) in [6.07, 6.45) is 0.719. The molecule has 0 atom stereocenters. The fraction of sp³-hybridized carbons (Fsp3) is 0.294. The lowest BCUT2D eigenvalue weighted by atomic mass is 9.83. The molecule has 0 saturated heterocycles. The summed E-state index contributed by atoms with van der Waals surface area (Å²) < 4.78 is 0. The summed E-state index contributed by atoms with van der Waals surface area (Å²) in [6, 6.07) is 8.92. The maximum absolute atomic E-state index is 10.1. The lowest BCUT2D eigenvalue weighted by molar-refractivity contribution is 0.427.